The maximum Gasteiger partial charge on any atom is 0.407 e. The molecular weight excluding hydrogens is 384 g/mol. The highest BCUT2D eigenvalue weighted by Crippen LogP contribution is 2.19. The minimum absolute atomic E-state index is 0.288. The average molecular weight is 423 g/mol. The van der Waals surface area contributed by atoms with Gasteiger partial charge in [-0.25, -0.2) is 4.79 Å². The van der Waals surface area contributed by atoms with Crippen LogP contribution in [0.25, 0.3) is 0 Å². The molecule has 2 atom stereocenters. The Balaban J connectivity index is 2.86. The monoisotopic (exact) mass is 422 g/mol. The predicted molar refractivity (Wildman–Crippen MR) is 117 cm³/mol. The van der Waals surface area contributed by atoms with Crippen molar-refractivity contribution in [2.75, 3.05) is 13.2 Å². The molecule has 0 aliphatic carbocycles. The van der Waals surface area contributed by atoms with Crippen molar-refractivity contribution in [1.29, 1.82) is 0 Å². The Bertz CT molecular complexity index is 674. The van der Waals surface area contributed by atoms with Gasteiger partial charge in [0.05, 0.1) is 5.92 Å². The number of nitrogens with one attached hydrogen (secondary N) is 1. The molecule has 0 aliphatic rings. The van der Waals surface area contributed by atoms with E-state index in [2.05, 4.69) is 5.32 Å². The number of ether oxygens (including phenoxy) is 3. The molecule has 7 nitrogen and oxygen atoms in total. The number of carbonyl (C=O) groups is 2. The van der Waals surface area contributed by atoms with Crippen LogP contribution in [0.1, 0.15) is 60.5 Å². The van der Waals surface area contributed by atoms with E-state index in [0.717, 1.165) is 11.3 Å². The smallest absolute Gasteiger partial charge is 0.407 e. The first kappa shape index (κ1) is 25.8. The maximum absolute atomic E-state index is 12.4. The Hall–Kier alpha value is -2.28. The molecule has 0 saturated heterocycles. The molecule has 1 aromatic rings. The number of esters is 1. The molecule has 0 aromatic heterocycles. The predicted octanol–water partition coefficient (Wildman–Crippen LogP) is 3.83. The van der Waals surface area contributed by atoms with Gasteiger partial charge in [0.25, 0.3) is 0 Å². The summed E-state index contributed by atoms with van der Waals surface area (Å²) in [5.74, 6) is 0.0725. The summed E-state index contributed by atoms with van der Waals surface area (Å²) in [5, 5.41) is 2.90. The van der Waals surface area contributed by atoms with E-state index in [-0.39, 0.29) is 17.9 Å². The number of carbonyl (C=O) groups excluding carboxylic acids is 2. The van der Waals surface area contributed by atoms with Crippen molar-refractivity contribution in [1.82, 2.24) is 5.32 Å². The molecule has 0 unspecified atom stereocenters. The minimum Gasteiger partial charge on any atom is -0.492 e. The largest absolute Gasteiger partial charge is 0.492 e. The number of benzene rings is 1. The van der Waals surface area contributed by atoms with Crippen LogP contribution in [-0.4, -0.2) is 42.5 Å². The molecule has 0 fully saturated rings. The zero-order valence-electron chi connectivity index (χ0n) is 19.4. The standard InChI is InChI=1S/C23H38N2O5/c1-16(20(26)29-22(2,3)4)14-18(25-21(27)30-23(5,6)7)15-17-8-10-19(11-9-17)28-13-12-24/h8-11,16,18H,12-15,24H2,1-7H3,(H,25,27)/t16-,18+/m0/s1. The highest BCUT2D eigenvalue weighted by atomic mass is 16.6. The van der Waals surface area contributed by atoms with Crippen LogP contribution in [0.15, 0.2) is 24.3 Å². The number of alkyl carbamates (subject to hydrolysis) is 1. The Labute approximate surface area is 180 Å². The topological polar surface area (TPSA) is 99.9 Å². The summed E-state index contributed by atoms with van der Waals surface area (Å²) in [5.41, 5.74) is 5.30. The highest BCUT2D eigenvalue weighted by molar-refractivity contribution is 5.73. The fourth-order valence-electron chi connectivity index (χ4n) is 2.78. The second-order valence-electron chi connectivity index (χ2n) is 9.50. The first-order valence-electron chi connectivity index (χ1n) is 10.4. The van der Waals surface area contributed by atoms with E-state index >= 15 is 0 Å². The van der Waals surface area contributed by atoms with Crippen LogP contribution >= 0.6 is 0 Å². The van der Waals surface area contributed by atoms with Crippen molar-refractivity contribution in [3.8, 4) is 5.75 Å². The van der Waals surface area contributed by atoms with Gasteiger partial charge in [-0.05, 0) is 72.1 Å². The van der Waals surface area contributed by atoms with E-state index in [4.69, 9.17) is 19.9 Å². The SMILES string of the molecule is C[C@@H](C[C@H](Cc1ccc(OCCN)cc1)NC(=O)OC(C)(C)C)C(=O)OC(C)(C)C. The molecule has 1 rings (SSSR count). The van der Waals surface area contributed by atoms with Crippen molar-refractivity contribution < 1.29 is 23.8 Å². The van der Waals surface area contributed by atoms with Gasteiger partial charge in [-0.2, -0.15) is 0 Å². The molecule has 1 aromatic carbocycles. The highest BCUT2D eigenvalue weighted by Gasteiger charge is 2.27. The molecule has 0 spiro atoms. The summed E-state index contributed by atoms with van der Waals surface area (Å²) in [6, 6.07) is 7.32. The first-order valence-corrected chi connectivity index (χ1v) is 10.4. The van der Waals surface area contributed by atoms with Crippen molar-refractivity contribution in [2.24, 2.45) is 11.7 Å². The van der Waals surface area contributed by atoms with Gasteiger partial charge in [0, 0.05) is 12.6 Å². The van der Waals surface area contributed by atoms with E-state index in [1.807, 2.05) is 72.7 Å². The summed E-state index contributed by atoms with van der Waals surface area (Å²) >= 11 is 0. The van der Waals surface area contributed by atoms with E-state index in [1.54, 1.807) is 0 Å². The number of nitrogens with two attached hydrogens (primary N) is 1. The summed E-state index contributed by atoms with van der Waals surface area (Å²) < 4.78 is 16.4. The molecule has 0 aliphatic heterocycles. The molecule has 7 heteroatoms. The fraction of sp³-hybridized carbons (Fsp3) is 0.652. The number of amides is 1. The van der Waals surface area contributed by atoms with Crippen LogP contribution in [-0.2, 0) is 20.7 Å². The van der Waals surface area contributed by atoms with Crippen LogP contribution in [0.5, 0.6) is 5.75 Å². The van der Waals surface area contributed by atoms with Crippen molar-refractivity contribution in [3.05, 3.63) is 29.8 Å². The summed E-state index contributed by atoms with van der Waals surface area (Å²) in [6.07, 6.45) is 0.468. The van der Waals surface area contributed by atoms with Crippen LogP contribution in [0, 0.1) is 5.92 Å². The first-order chi connectivity index (χ1) is 13.8. The van der Waals surface area contributed by atoms with Crippen LogP contribution in [0.3, 0.4) is 0 Å². The molecule has 1 amide bonds. The fourth-order valence-corrected chi connectivity index (χ4v) is 2.78. The van der Waals surface area contributed by atoms with Crippen molar-refractivity contribution in [2.45, 2.75) is 78.6 Å². The Morgan fingerprint density at radius 3 is 2.07 bits per heavy atom. The third-order valence-corrected chi connectivity index (χ3v) is 3.96. The Kier molecular flexibility index (Phi) is 9.62. The van der Waals surface area contributed by atoms with Gasteiger partial charge in [0.15, 0.2) is 0 Å². The molecule has 0 radical (unpaired) electrons. The molecule has 30 heavy (non-hydrogen) atoms. The summed E-state index contributed by atoms with van der Waals surface area (Å²) in [6.45, 7) is 13.7. The summed E-state index contributed by atoms with van der Waals surface area (Å²) in [4.78, 5) is 24.7. The van der Waals surface area contributed by atoms with Gasteiger partial charge in [-0.1, -0.05) is 19.1 Å². The van der Waals surface area contributed by atoms with Crippen molar-refractivity contribution >= 4 is 12.1 Å². The van der Waals surface area contributed by atoms with Crippen LogP contribution in [0.2, 0.25) is 0 Å². The van der Waals surface area contributed by atoms with Gasteiger partial charge in [0.2, 0.25) is 0 Å². The van der Waals surface area contributed by atoms with E-state index < -0.39 is 17.3 Å². The lowest BCUT2D eigenvalue weighted by molar-refractivity contribution is -0.159. The summed E-state index contributed by atoms with van der Waals surface area (Å²) in [7, 11) is 0. The maximum atomic E-state index is 12.4. The van der Waals surface area contributed by atoms with E-state index in [0.29, 0.717) is 26.0 Å². The van der Waals surface area contributed by atoms with Gasteiger partial charge in [0.1, 0.15) is 23.6 Å². The lowest BCUT2D eigenvalue weighted by atomic mass is 9.96. The zero-order valence-corrected chi connectivity index (χ0v) is 19.4. The number of hydrogen-bond acceptors (Lipinski definition) is 6. The Morgan fingerprint density at radius 1 is 1.00 bits per heavy atom. The van der Waals surface area contributed by atoms with Crippen molar-refractivity contribution in [3.63, 3.8) is 0 Å². The van der Waals surface area contributed by atoms with Gasteiger partial charge in [-0.15, -0.1) is 0 Å². The second kappa shape index (κ2) is 11.2. The number of rotatable bonds is 9. The average Bonchev–Trinajstić information content (AvgIpc) is 2.57. The van der Waals surface area contributed by atoms with E-state index in [1.165, 1.54) is 0 Å². The Morgan fingerprint density at radius 2 is 1.57 bits per heavy atom. The second-order valence-corrected chi connectivity index (χ2v) is 9.50. The quantitative estimate of drug-likeness (QED) is 0.587. The molecule has 0 heterocycles. The number of hydrogen-bond donors (Lipinski definition) is 2. The minimum atomic E-state index is -0.604. The molecule has 0 saturated carbocycles. The zero-order chi connectivity index (χ0) is 22.9. The lowest BCUT2D eigenvalue weighted by Gasteiger charge is -2.27. The normalized spacial score (nSPS) is 13.9. The molecule has 3 N–H and O–H groups in total. The third-order valence-electron chi connectivity index (χ3n) is 3.96. The third kappa shape index (κ3) is 11.0. The van der Waals surface area contributed by atoms with Crippen LogP contribution < -0.4 is 15.8 Å². The lowest BCUT2D eigenvalue weighted by Crippen LogP contribution is -2.42. The van der Waals surface area contributed by atoms with Gasteiger partial charge < -0.3 is 25.3 Å². The van der Waals surface area contributed by atoms with Crippen LogP contribution in [0.4, 0.5) is 4.79 Å². The molecule has 0 bridgehead atoms. The van der Waals surface area contributed by atoms with Gasteiger partial charge in [-0.3, -0.25) is 4.79 Å². The molecular formula is C23H38N2O5. The van der Waals surface area contributed by atoms with E-state index in [9.17, 15) is 9.59 Å². The van der Waals surface area contributed by atoms with Gasteiger partial charge >= 0.3 is 12.1 Å². The molecule has 170 valence electrons.